The zero-order valence-electron chi connectivity index (χ0n) is 16.2. The highest BCUT2D eigenvalue weighted by Gasteiger charge is 2.34. The first-order chi connectivity index (χ1) is 13.7. The summed E-state index contributed by atoms with van der Waals surface area (Å²) in [4.78, 5) is 34.9. The van der Waals surface area contributed by atoms with Crippen molar-refractivity contribution >= 4 is 27.9 Å². The third-order valence-electron chi connectivity index (χ3n) is 5.40. The molecule has 3 rings (SSSR count). The summed E-state index contributed by atoms with van der Waals surface area (Å²) >= 11 is 0. The molecule has 2 aliphatic rings. The molecular formula is C19H25N3O6S. The number of esters is 1. The van der Waals surface area contributed by atoms with Gasteiger partial charge < -0.3 is 10.5 Å². The average molecular weight is 423 g/mol. The molecule has 158 valence electrons. The molecule has 1 unspecified atom stereocenters. The van der Waals surface area contributed by atoms with Gasteiger partial charge in [0, 0.05) is 13.1 Å². The zero-order chi connectivity index (χ0) is 21.2. The van der Waals surface area contributed by atoms with Crippen LogP contribution in [0.2, 0.25) is 0 Å². The van der Waals surface area contributed by atoms with Gasteiger partial charge in [-0.1, -0.05) is 6.07 Å². The number of rotatable bonds is 5. The van der Waals surface area contributed by atoms with Crippen LogP contribution in [0.4, 0.5) is 4.79 Å². The number of nitrogens with zero attached hydrogens (tertiary/aromatic N) is 1. The number of imide groups is 1. The summed E-state index contributed by atoms with van der Waals surface area (Å²) in [7, 11) is -3.62. The quantitative estimate of drug-likeness (QED) is 0.669. The molecule has 0 bridgehead atoms. The van der Waals surface area contributed by atoms with Gasteiger partial charge in [-0.25, -0.2) is 13.2 Å². The van der Waals surface area contributed by atoms with Gasteiger partial charge in [-0.15, -0.1) is 0 Å². The SMILES string of the molecule is CC(OC(=O)C1CCN(S(=O)(=O)c2ccc3c(c2)CCC3)CC1)C(=O)NC(N)=O. The van der Waals surface area contributed by atoms with E-state index in [1.165, 1.54) is 16.8 Å². The molecule has 1 aliphatic heterocycles. The topological polar surface area (TPSA) is 136 Å². The Hall–Kier alpha value is -2.46. The normalized spacial score (nSPS) is 18.7. The van der Waals surface area contributed by atoms with Crippen LogP contribution in [0.25, 0.3) is 0 Å². The van der Waals surface area contributed by atoms with Crippen LogP contribution in [0.5, 0.6) is 0 Å². The number of hydrogen-bond donors (Lipinski definition) is 2. The van der Waals surface area contributed by atoms with E-state index in [1.54, 1.807) is 12.1 Å². The van der Waals surface area contributed by atoms with Crippen LogP contribution in [-0.2, 0) is 37.2 Å². The maximum absolute atomic E-state index is 12.9. The third-order valence-corrected chi connectivity index (χ3v) is 7.30. The number of sulfonamides is 1. The van der Waals surface area contributed by atoms with E-state index in [0.717, 1.165) is 24.8 Å². The lowest BCUT2D eigenvalue weighted by molar-refractivity contribution is -0.159. The van der Waals surface area contributed by atoms with Crippen molar-refractivity contribution in [2.24, 2.45) is 11.7 Å². The van der Waals surface area contributed by atoms with Gasteiger partial charge in [-0.05, 0) is 62.3 Å². The minimum Gasteiger partial charge on any atom is -0.452 e. The minimum atomic E-state index is -3.62. The van der Waals surface area contributed by atoms with Crippen LogP contribution >= 0.6 is 0 Å². The summed E-state index contributed by atoms with van der Waals surface area (Å²) in [6.45, 7) is 1.73. The molecule has 0 aromatic heterocycles. The van der Waals surface area contributed by atoms with Crippen LogP contribution in [0.3, 0.4) is 0 Å². The fourth-order valence-electron chi connectivity index (χ4n) is 3.74. The zero-order valence-corrected chi connectivity index (χ0v) is 17.0. The number of nitrogens with two attached hydrogens (primary N) is 1. The number of amides is 3. The van der Waals surface area contributed by atoms with Crippen LogP contribution in [-0.4, -0.2) is 49.8 Å². The Labute approximate surface area is 169 Å². The van der Waals surface area contributed by atoms with E-state index in [-0.39, 0.29) is 18.0 Å². The van der Waals surface area contributed by atoms with Crippen molar-refractivity contribution in [3.05, 3.63) is 29.3 Å². The minimum absolute atomic E-state index is 0.195. The number of aryl methyl sites for hydroxylation is 2. The molecule has 1 aromatic rings. The van der Waals surface area contributed by atoms with E-state index in [9.17, 15) is 22.8 Å². The maximum atomic E-state index is 12.9. The van der Waals surface area contributed by atoms with E-state index in [1.807, 2.05) is 11.4 Å². The summed E-state index contributed by atoms with van der Waals surface area (Å²) in [6, 6.07) is 4.27. The summed E-state index contributed by atoms with van der Waals surface area (Å²) in [5.74, 6) is -1.90. The Morgan fingerprint density at radius 2 is 1.83 bits per heavy atom. The number of carbonyl (C=O) groups is 3. The largest absolute Gasteiger partial charge is 0.452 e. The standard InChI is InChI=1S/C19H25N3O6S/c1-12(17(23)21-19(20)25)28-18(24)14-7-9-22(10-8-14)29(26,27)16-6-5-13-3-2-4-15(13)11-16/h5-6,11-12,14H,2-4,7-10H2,1H3,(H3,20,21,23,25). The highest BCUT2D eigenvalue weighted by molar-refractivity contribution is 7.89. The molecule has 1 atom stereocenters. The second-order valence-electron chi connectivity index (χ2n) is 7.40. The number of primary amides is 1. The number of piperidine rings is 1. The molecule has 3 amide bonds. The molecule has 9 nitrogen and oxygen atoms in total. The van der Waals surface area contributed by atoms with Gasteiger partial charge in [0.1, 0.15) is 0 Å². The van der Waals surface area contributed by atoms with Gasteiger partial charge >= 0.3 is 12.0 Å². The molecule has 29 heavy (non-hydrogen) atoms. The number of nitrogens with one attached hydrogen (secondary N) is 1. The number of hydrogen-bond acceptors (Lipinski definition) is 6. The van der Waals surface area contributed by atoms with Crippen molar-refractivity contribution in [1.82, 2.24) is 9.62 Å². The Morgan fingerprint density at radius 3 is 2.48 bits per heavy atom. The van der Waals surface area contributed by atoms with Gasteiger partial charge in [0.15, 0.2) is 6.10 Å². The van der Waals surface area contributed by atoms with Gasteiger partial charge in [0.25, 0.3) is 5.91 Å². The predicted molar refractivity (Wildman–Crippen MR) is 103 cm³/mol. The summed E-state index contributed by atoms with van der Waals surface area (Å²) < 4.78 is 32.4. The van der Waals surface area contributed by atoms with Gasteiger partial charge in [0.05, 0.1) is 10.8 Å². The van der Waals surface area contributed by atoms with Crippen LogP contribution in [0.1, 0.15) is 37.3 Å². The molecule has 0 saturated carbocycles. The van der Waals surface area contributed by atoms with E-state index in [0.29, 0.717) is 12.8 Å². The number of fused-ring (bicyclic) bond motifs is 1. The monoisotopic (exact) mass is 423 g/mol. The van der Waals surface area contributed by atoms with Gasteiger partial charge in [-0.3, -0.25) is 14.9 Å². The van der Waals surface area contributed by atoms with Crippen LogP contribution < -0.4 is 11.1 Å². The molecule has 0 radical (unpaired) electrons. The average Bonchev–Trinajstić information content (AvgIpc) is 3.15. The molecule has 1 aliphatic carbocycles. The molecule has 1 saturated heterocycles. The summed E-state index contributed by atoms with van der Waals surface area (Å²) in [6.07, 6.45) is 2.36. The fraction of sp³-hybridized carbons (Fsp3) is 0.526. The van der Waals surface area contributed by atoms with E-state index in [2.05, 4.69) is 0 Å². The maximum Gasteiger partial charge on any atom is 0.318 e. The van der Waals surface area contributed by atoms with E-state index in [4.69, 9.17) is 10.5 Å². The van der Waals surface area contributed by atoms with Crippen molar-refractivity contribution < 1.29 is 27.5 Å². The lowest BCUT2D eigenvalue weighted by Gasteiger charge is -2.30. The Balaban J connectivity index is 1.57. The number of ether oxygens (including phenoxy) is 1. The Bertz CT molecular complexity index is 922. The number of urea groups is 1. The van der Waals surface area contributed by atoms with Crippen molar-refractivity contribution in [2.75, 3.05) is 13.1 Å². The van der Waals surface area contributed by atoms with Crippen LogP contribution in [0.15, 0.2) is 23.1 Å². The second-order valence-corrected chi connectivity index (χ2v) is 9.33. The predicted octanol–water partition coefficient (Wildman–Crippen LogP) is 0.703. The summed E-state index contributed by atoms with van der Waals surface area (Å²) in [5, 5.41) is 1.85. The first-order valence-electron chi connectivity index (χ1n) is 9.61. The first-order valence-corrected chi connectivity index (χ1v) is 11.0. The number of benzene rings is 1. The molecule has 1 fully saturated rings. The van der Waals surface area contributed by atoms with Crippen molar-refractivity contribution in [1.29, 1.82) is 0 Å². The third kappa shape index (κ3) is 4.76. The van der Waals surface area contributed by atoms with E-state index < -0.39 is 40.0 Å². The van der Waals surface area contributed by atoms with Gasteiger partial charge in [0.2, 0.25) is 10.0 Å². The lowest BCUT2D eigenvalue weighted by atomic mass is 9.98. The molecule has 1 aromatic carbocycles. The highest BCUT2D eigenvalue weighted by atomic mass is 32.2. The molecular weight excluding hydrogens is 398 g/mol. The fourth-order valence-corrected chi connectivity index (χ4v) is 5.26. The second kappa shape index (κ2) is 8.50. The van der Waals surface area contributed by atoms with Gasteiger partial charge in [-0.2, -0.15) is 4.31 Å². The highest BCUT2D eigenvalue weighted by Crippen LogP contribution is 2.29. The smallest absolute Gasteiger partial charge is 0.318 e. The summed E-state index contributed by atoms with van der Waals surface area (Å²) in [5.41, 5.74) is 7.16. The number of carbonyl (C=O) groups excluding carboxylic acids is 3. The molecule has 10 heteroatoms. The first kappa shape index (κ1) is 21.3. The Morgan fingerprint density at radius 1 is 1.17 bits per heavy atom. The molecule has 3 N–H and O–H groups in total. The van der Waals surface area contributed by atoms with E-state index >= 15 is 0 Å². The van der Waals surface area contributed by atoms with Crippen molar-refractivity contribution in [3.8, 4) is 0 Å². The van der Waals surface area contributed by atoms with Crippen molar-refractivity contribution in [2.45, 2.75) is 50.0 Å². The lowest BCUT2D eigenvalue weighted by Crippen LogP contribution is -2.44. The molecule has 0 spiro atoms. The molecule has 1 heterocycles. The Kier molecular flexibility index (Phi) is 6.23. The van der Waals surface area contributed by atoms with Crippen molar-refractivity contribution in [3.63, 3.8) is 0 Å². The van der Waals surface area contributed by atoms with Crippen LogP contribution in [0, 0.1) is 5.92 Å².